The first-order valence-corrected chi connectivity index (χ1v) is 9.77. The molecule has 0 radical (unpaired) electrons. The quantitative estimate of drug-likeness (QED) is 0.638. The van der Waals surface area contributed by atoms with E-state index in [1.54, 1.807) is 0 Å². The van der Waals surface area contributed by atoms with Crippen molar-refractivity contribution < 1.29 is 13.2 Å². The van der Waals surface area contributed by atoms with E-state index in [1.807, 2.05) is 0 Å². The molecule has 1 aromatic rings. The molecule has 0 aromatic heterocycles. The van der Waals surface area contributed by atoms with Gasteiger partial charge in [-0.1, -0.05) is 24.4 Å². The number of nitrogens with zero attached hydrogens (tertiary/aromatic N) is 2. The zero-order chi connectivity index (χ0) is 17.6. The third kappa shape index (κ3) is 5.29. The number of hydrazone groups is 1. The minimum Gasteiger partial charge on any atom is -0.272 e. The number of carbonyl (C=O) groups excluding carboxylic acids is 1. The van der Waals surface area contributed by atoms with Crippen LogP contribution in [0.25, 0.3) is 0 Å². The maximum absolute atomic E-state index is 12.4. The van der Waals surface area contributed by atoms with E-state index >= 15 is 0 Å². The van der Waals surface area contributed by atoms with Crippen molar-refractivity contribution in [2.75, 3.05) is 13.6 Å². The number of carbonyl (C=O) groups is 1. The lowest BCUT2D eigenvalue weighted by Gasteiger charge is -2.16. The summed E-state index contributed by atoms with van der Waals surface area (Å²) in [4.78, 5) is 12.1. The number of amides is 1. The minimum absolute atomic E-state index is 0.0947. The summed E-state index contributed by atoms with van der Waals surface area (Å²) in [5, 5.41) is 4.59. The first kappa shape index (κ1) is 18.9. The van der Waals surface area contributed by atoms with Crippen LogP contribution in [0.15, 0.2) is 34.3 Å². The molecule has 0 atom stereocenters. The molecule has 0 aliphatic heterocycles. The van der Waals surface area contributed by atoms with Crippen molar-refractivity contribution >= 4 is 33.2 Å². The zero-order valence-corrected chi connectivity index (χ0v) is 15.2. The van der Waals surface area contributed by atoms with Crippen LogP contribution in [-0.4, -0.2) is 37.9 Å². The van der Waals surface area contributed by atoms with Gasteiger partial charge >= 0.3 is 0 Å². The molecule has 1 N–H and O–H groups in total. The van der Waals surface area contributed by atoms with Crippen molar-refractivity contribution in [2.24, 2.45) is 5.10 Å². The summed E-state index contributed by atoms with van der Waals surface area (Å²) < 4.78 is 25.8. The van der Waals surface area contributed by atoms with Gasteiger partial charge in [-0.2, -0.15) is 9.41 Å². The normalized spacial score (nSPS) is 15.9. The van der Waals surface area contributed by atoms with Crippen molar-refractivity contribution in [1.29, 1.82) is 0 Å². The van der Waals surface area contributed by atoms with Crippen LogP contribution in [0.1, 0.15) is 38.5 Å². The lowest BCUT2D eigenvalue weighted by atomic mass is 10.2. The molecule has 0 bridgehead atoms. The van der Waals surface area contributed by atoms with Gasteiger partial charge in [0.25, 0.3) is 5.91 Å². The van der Waals surface area contributed by atoms with Gasteiger partial charge in [0.05, 0.1) is 11.4 Å². The summed E-state index contributed by atoms with van der Waals surface area (Å²) in [6.45, 7) is -0.290. The Labute approximate surface area is 147 Å². The van der Waals surface area contributed by atoms with Crippen LogP contribution in [0.4, 0.5) is 0 Å². The molecule has 1 saturated carbocycles. The monoisotopic (exact) mass is 371 g/mol. The predicted octanol–water partition coefficient (Wildman–Crippen LogP) is 2.79. The van der Waals surface area contributed by atoms with Crippen LogP contribution in [0.5, 0.6) is 0 Å². The molecule has 8 heteroatoms. The van der Waals surface area contributed by atoms with E-state index in [9.17, 15) is 13.2 Å². The Morgan fingerprint density at radius 3 is 2.33 bits per heavy atom. The number of nitrogens with one attached hydrogen (secondary N) is 1. The molecule has 24 heavy (non-hydrogen) atoms. The highest BCUT2D eigenvalue weighted by Gasteiger charge is 2.22. The maximum atomic E-state index is 12.4. The van der Waals surface area contributed by atoms with Gasteiger partial charge in [-0.05, 0) is 49.9 Å². The molecule has 1 aliphatic rings. The largest absolute Gasteiger partial charge is 0.272 e. The average Bonchev–Trinajstić information content (AvgIpc) is 2.82. The Morgan fingerprint density at radius 1 is 1.17 bits per heavy atom. The summed E-state index contributed by atoms with van der Waals surface area (Å²) in [6, 6.07) is 5.83. The SMILES string of the molecule is CN(CC(=O)NN=C1CCCCCC1)S(=O)(=O)c1ccc(Cl)cc1. The van der Waals surface area contributed by atoms with Gasteiger partial charge in [-0.3, -0.25) is 4.79 Å². The summed E-state index contributed by atoms with van der Waals surface area (Å²) in [6.07, 6.45) is 6.32. The van der Waals surface area contributed by atoms with Crippen LogP contribution in [0.3, 0.4) is 0 Å². The summed E-state index contributed by atoms with van der Waals surface area (Å²) in [7, 11) is -2.37. The van der Waals surface area contributed by atoms with E-state index < -0.39 is 15.9 Å². The number of rotatable bonds is 5. The first-order valence-electron chi connectivity index (χ1n) is 7.96. The molecule has 0 saturated heterocycles. The second-order valence-electron chi connectivity index (χ2n) is 5.84. The maximum Gasteiger partial charge on any atom is 0.255 e. The first-order chi connectivity index (χ1) is 11.4. The zero-order valence-electron chi connectivity index (χ0n) is 13.7. The highest BCUT2D eigenvalue weighted by atomic mass is 35.5. The summed E-state index contributed by atoms with van der Waals surface area (Å²) in [5.74, 6) is -0.452. The number of benzene rings is 1. The summed E-state index contributed by atoms with van der Waals surface area (Å²) >= 11 is 5.77. The molecule has 0 spiro atoms. The summed E-state index contributed by atoms with van der Waals surface area (Å²) in [5.41, 5.74) is 3.44. The lowest BCUT2D eigenvalue weighted by molar-refractivity contribution is -0.121. The van der Waals surface area contributed by atoms with Gasteiger partial charge in [-0.25, -0.2) is 13.8 Å². The number of likely N-dealkylation sites (N-methyl/N-ethyl adjacent to an activating group) is 1. The van der Waals surface area contributed by atoms with E-state index in [4.69, 9.17) is 11.6 Å². The molecular formula is C16H22ClN3O3S. The molecule has 132 valence electrons. The average molecular weight is 372 g/mol. The number of hydrogen-bond acceptors (Lipinski definition) is 4. The van der Waals surface area contributed by atoms with Crippen molar-refractivity contribution in [3.8, 4) is 0 Å². The fourth-order valence-electron chi connectivity index (χ4n) is 2.50. The van der Waals surface area contributed by atoms with E-state index in [1.165, 1.54) is 44.2 Å². The number of halogens is 1. The number of sulfonamides is 1. The third-order valence-corrected chi connectivity index (χ3v) is 5.98. The van der Waals surface area contributed by atoms with Crippen molar-refractivity contribution in [1.82, 2.24) is 9.73 Å². The van der Waals surface area contributed by atoms with Crippen molar-refractivity contribution in [3.05, 3.63) is 29.3 Å². The Hall–Kier alpha value is -1.44. The van der Waals surface area contributed by atoms with Crippen LogP contribution in [-0.2, 0) is 14.8 Å². The second kappa shape index (κ2) is 8.60. The highest BCUT2D eigenvalue weighted by Crippen LogP contribution is 2.17. The number of hydrogen-bond donors (Lipinski definition) is 1. The lowest BCUT2D eigenvalue weighted by Crippen LogP contribution is -2.37. The van der Waals surface area contributed by atoms with Gasteiger partial charge in [0.1, 0.15) is 0 Å². The molecule has 6 nitrogen and oxygen atoms in total. The van der Waals surface area contributed by atoms with Crippen LogP contribution >= 0.6 is 11.6 Å². The molecule has 1 amide bonds. The van der Waals surface area contributed by atoms with Crippen molar-refractivity contribution in [2.45, 2.75) is 43.4 Å². The Kier molecular flexibility index (Phi) is 6.77. The highest BCUT2D eigenvalue weighted by molar-refractivity contribution is 7.89. The van der Waals surface area contributed by atoms with Crippen LogP contribution < -0.4 is 5.43 Å². The second-order valence-corrected chi connectivity index (χ2v) is 8.32. The third-order valence-electron chi connectivity index (χ3n) is 3.91. The predicted molar refractivity (Wildman–Crippen MR) is 94.5 cm³/mol. The fourth-order valence-corrected chi connectivity index (χ4v) is 3.75. The Morgan fingerprint density at radius 2 is 1.75 bits per heavy atom. The van der Waals surface area contributed by atoms with Crippen LogP contribution in [0, 0.1) is 0 Å². The molecule has 1 fully saturated rings. The van der Waals surface area contributed by atoms with E-state index in [2.05, 4.69) is 10.5 Å². The molecule has 0 unspecified atom stereocenters. The van der Waals surface area contributed by atoms with Crippen LogP contribution in [0.2, 0.25) is 5.02 Å². The van der Waals surface area contributed by atoms with Gasteiger partial charge in [0.15, 0.2) is 0 Å². The minimum atomic E-state index is -3.73. The standard InChI is InChI=1S/C16H22ClN3O3S/c1-20(24(22,23)15-10-8-13(17)9-11-15)12-16(21)19-18-14-6-4-2-3-5-7-14/h8-11H,2-7,12H2,1H3,(H,19,21). The van der Waals surface area contributed by atoms with Crippen molar-refractivity contribution in [3.63, 3.8) is 0 Å². The fraction of sp³-hybridized carbons (Fsp3) is 0.500. The molecule has 1 aliphatic carbocycles. The topological polar surface area (TPSA) is 78.8 Å². The van der Waals surface area contributed by atoms with E-state index in [0.717, 1.165) is 35.7 Å². The molecule has 2 rings (SSSR count). The molecule has 1 aromatic carbocycles. The van der Waals surface area contributed by atoms with Gasteiger partial charge in [0, 0.05) is 17.8 Å². The van der Waals surface area contributed by atoms with Gasteiger partial charge in [0.2, 0.25) is 10.0 Å². The smallest absolute Gasteiger partial charge is 0.255 e. The van der Waals surface area contributed by atoms with Gasteiger partial charge in [-0.15, -0.1) is 0 Å². The Bertz CT molecular complexity index is 692. The van der Waals surface area contributed by atoms with E-state index in [0.29, 0.717) is 5.02 Å². The molecular weight excluding hydrogens is 350 g/mol. The molecule has 0 heterocycles. The van der Waals surface area contributed by atoms with E-state index in [-0.39, 0.29) is 11.4 Å². The van der Waals surface area contributed by atoms with Gasteiger partial charge < -0.3 is 0 Å². The Balaban J connectivity index is 1.95.